The van der Waals surface area contributed by atoms with Gasteiger partial charge in [-0.3, -0.25) is 14.9 Å². The van der Waals surface area contributed by atoms with E-state index >= 15 is 0 Å². The number of rotatable bonds is 6. The van der Waals surface area contributed by atoms with Crippen LogP contribution in [0.5, 0.6) is 0 Å². The molecule has 1 aliphatic heterocycles. The number of carbonyl (C=O) groups is 3. The Balaban J connectivity index is 2.05. The van der Waals surface area contributed by atoms with Crippen molar-refractivity contribution in [3.63, 3.8) is 0 Å². The third kappa shape index (κ3) is 6.19. The molecule has 0 bridgehead atoms. The Morgan fingerprint density at radius 2 is 1.78 bits per heavy atom. The summed E-state index contributed by atoms with van der Waals surface area (Å²) in [6, 6.07) is 2.35. The number of nitrogens with two attached hydrogens (primary N) is 1. The van der Waals surface area contributed by atoms with Gasteiger partial charge in [-0.2, -0.15) is 17.5 Å². The number of piperidine rings is 1. The Morgan fingerprint density at radius 1 is 1.19 bits per heavy atom. The molecule has 0 radical (unpaired) electrons. The summed E-state index contributed by atoms with van der Waals surface area (Å²) in [4.78, 5) is 34.9. The summed E-state index contributed by atoms with van der Waals surface area (Å²) in [5.41, 5.74) is 3.83. The highest BCUT2D eigenvalue weighted by atomic mass is 32.2. The maximum atomic E-state index is 12.9. The summed E-state index contributed by atoms with van der Waals surface area (Å²) in [7, 11) is -4.19. The number of sulfonamides is 1. The van der Waals surface area contributed by atoms with Gasteiger partial charge in [-0.05, 0) is 37.0 Å². The summed E-state index contributed by atoms with van der Waals surface area (Å²) in [5.74, 6) is -2.78. The molecule has 3 amide bonds. The van der Waals surface area contributed by atoms with Gasteiger partial charge in [-0.15, -0.1) is 0 Å². The molecule has 0 saturated carbocycles. The number of halogens is 3. The largest absolute Gasteiger partial charge is 0.452 e. The summed E-state index contributed by atoms with van der Waals surface area (Å²) in [6.45, 7) is 2.97. The monoisotopic (exact) mass is 479 g/mol. The van der Waals surface area contributed by atoms with Crippen molar-refractivity contribution in [2.24, 2.45) is 17.6 Å². The van der Waals surface area contributed by atoms with Crippen LogP contribution < -0.4 is 11.1 Å². The lowest BCUT2D eigenvalue weighted by molar-refractivity contribution is -0.163. The Kier molecular flexibility index (Phi) is 7.88. The number of hydrogen-bond acceptors (Lipinski definition) is 6. The number of nitrogens with one attached hydrogen (secondary N) is 1. The molecule has 0 spiro atoms. The van der Waals surface area contributed by atoms with E-state index < -0.39 is 62.5 Å². The third-order valence-electron chi connectivity index (χ3n) is 4.94. The molecule has 1 aliphatic rings. The molecular formula is C19H24F3N3O6S. The first kappa shape index (κ1) is 25.6. The van der Waals surface area contributed by atoms with E-state index in [1.807, 2.05) is 5.32 Å². The Labute approximate surface area is 183 Å². The molecule has 178 valence electrons. The van der Waals surface area contributed by atoms with Crippen LogP contribution in [0.15, 0.2) is 29.2 Å². The van der Waals surface area contributed by atoms with E-state index in [0.29, 0.717) is 6.07 Å². The lowest BCUT2D eigenvalue weighted by Gasteiger charge is -2.31. The molecule has 0 aliphatic carbocycles. The van der Waals surface area contributed by atoms with Crippen LogP contribution in [-0.4, -0.2) is 49.8 Å². The van der Waals surface area contributed by atoms with Crippen LogP contribution in [0.25, 0.3) is 0 Å². The number of carbonyl (C=O) groups excluding carboxylic acids is 3. The average molecular weight is 479 g/mol. The first-order valence-corrected chi connectivity index (χ1v) is 11.2. The number of alkyl halides is 3. The van der Waals surface area contributed by atoms with E-state index in [4.69, 9.17) is 10.5 Å². The zero-order valence-corrected chi connectivity index (χ0v) is 18.2. The second-order valence-corrected chi connectivity index (χ2v) is 9.60. The minimum absolute atomic E-state index is 0.0548. The number of esters is 1. The molecule has 1 unspecified atom stereocenters. The third-order valence-corrected chi connectivity index (χ3v) is 6.83. The lowest BCUT2D eigenvalue weighted by Crippen LogP contribution is -2.47. The van der Waals surface area contributed by atoms with Crippen LogP contribution in [0.3, 0.4) is 0 Å². The number of ether oxygens (including phenoxy) is 1. The Morgan fingerprint density at radius 3 is 2.28 bits per heavy atom. The van der Waals surface area contributed by atoms with Crippen molar-refractivity contribution in [1.29, 1.82) is 0 Å². The molecule has 1 heterocycles. The molecule has 3 N–H and O–H groups in total. The fourth-order valence-corrected chi connectivity index (χ4v) is 4.74. The SMILES string of the molecule is CC(C)C(OC(=O)C1CCN(S(=O)(=O)c2cccc(C(F)(F)F)c2)CC1)C(=O)NC(N)=O. The minimum atomic E-state index is -4.68. The molecule has 9 nitrogen and oxygen atoms in total. The van der Waals surface area contributed by atoms with E-state index in [0.717, 1.165) is 22.5 Å². The normalized spacial score (nSPS) is 17.1. The van der Waals surface area contributed by atoms with Crippen LogP contribution in [0.1, 0.15) is 32.3 Å². The van der Waals surface area contributed by atoms with Gasteiger partial charge < -0.3 is 10.5 Å². The van der Waals surface area contributed by atoms with Crippen molar-refractivity contribution < 1.29 is 40.7 Å². The molecule has 1 saturated heterocycles. The standard InChI is InChI=1S/C19H24F3N3O6S/c1-11(2)15(16(26)24-18(23)28)31-17(27)12-6-8-25(9-7-12)32(29,30)14-5-3-4-13(10-14)19(20,21)22/h3-5,10-12,15H,6-9H2,1-2H3,(H3,23,24,26,28). The molecular weight excluding hydrogens is 455 g/mol. The highest BCUT2D eigenvalue weighted by Gasteiger charge is 2.37. The maximum Gasteiger partial charge on any atom is 0.416 e. The van der Waals surface area contributed by atoms with Crippen molar-refractivity contribution in [3.05, 3.63) is 29.8 Å². The van der Waals surface area contributed by atoms with Crippen LogP contribution in [0.2, 0.25) is 0 Å². The van der Waals surface area contributed by atoms with Gasteiger partial charge in [0.05, 0.1) is 16.4 Å². The molecule has 1 fully saturated rings. The van der Waals surface area contributed by atoms with Gasteiger partial charge in [-0.25, -0.2) is 13.2 Å². The fourth-order valence-electron chi connectivity index (χ4n) is 3.22. The van der Waals surface area contributed by atoms with Crippen molar-refractivity contribution in [3.8, 4) is 0 Å². The number of imide groups is 1. The molecule has 1 aromatic rings. The zero-order valence-electron chi connectivity index (χ0n) is 17.4. The van der Waals surface area contributed by atoms with E-state index in [9.17, 15) is 36.0 Å². The fraction of sp³-hybridized carbons (Fsp3) is 0.526. The van der Waals surface area contributed by atoms with Crippen LogP contribution >= 0.6 is 0 Å². The van der Waals surface area contributed by atoms with Gasteiger partial charge in [0.25, 0.3) is 5.91 Å². The quantitative estimate of drug-likeness (QED) is 0.598. The van der Waals surface area contributed by atoms with Crippen LogP contribution in [0.4, 0.5) is 18.0 Å². The molecule has 0 aromatic heterocycles. The summed E-state index contributed by atoms with van der Waals surface area (Å²) < 4.78 is 70.5. The summed E-state index contributed by atoms with van der Waals surface area (Å²) in [6.07, 6.45) is -5.84. The maximum absolute atomic E-state index is 12.9. The average Bonchev–Trinajstić information content (AvgIpc) is 2.70. The highest BCUT2D eigenvalue weighted by Crippen LogP contribution is 2.32. The zero-order chi connectivity index (χ0) is 24.3. The van der Waals surface area contributed by atoms with Crippen molar-refractivity contribution >= 4 is 27.9 Å². The molecule has 2 rings (SSSR count). The van der Waals surface area contributed by atoms with Crippen molar-refractivity contribution in [1.82, 2.24) is 9.62 Å². The second kappa shape index (κ2) is 9.86. The Bertz CT molecular complexity index is 973. The summed E-state index contributed by atoms with van der Waals surface area (Å²) in [5, 5.41) is 1.85. The molecule has 32 heavy (non-hydrogen) atoms. The summed E-state index contributed by atoms with van der Waals surface area (Å²) >= 11 is 0. The van der Waals surface area contributed by atoms with Crippen molar-refractivity contribution in [2.75, 3.05) is 13.1 Å². The Hall–Kier alpha value is -2.67. The van der Waals surface area contributed by atoms with Gasteiger partial charge in [0.1, 0.15) is 0 Å². The number of primary amides is 1. The van der Waals surface area contributed by atoms with Gasteiger partial charge in [0.15, 0.2) is 6.10 Å². The number of benzene rings is 1. The smallest absolute Gasteiger partial charge is 0.416 e. The predicted molar refractivity (Wildman–Crippen MR) is 105 cm³/mol. The second-order valence-electron chi connectivity index (χ2n) is 7.66. The van der Waals surface area contributed by atoms with Crippen LogP contribution in [-0.2, 0) is 30.5 Å². The lowest BCUT2D eigenvalue weighted by atomic mass is 9.98. The van der Waals surface area contributed by atoms with E-state index in [-0.39, 0.29) is 25.9 Å². The predicted octanol–water partition coefficient (Wildman–Crippen LogP) is 1.87. The number of urea groups is 1. The van der Waals surface area contributed by atoms with Gasteiger partial charge in [0.2, 0.25) is 10.0 Å². The van der Waals surface area contributed by atoms with Gasteiger partial charge in [0, 0.05) is 13.1 Å². The van der Waals surface area contributed by atoms with Gasteiger partial charge in [-0.1, -0.05) is 19.9 Å². The van der Waals surface area contributed by atoms with Gasteiger partial charge >= 0.3 is 18.2 Å². The molecule has 1 aromatic carbocycles. The van der Waals surface area contributed by atoms with E-state index in [2.05, 4.69) is 0 Å². The van der Waals surface area contributed by atoms with Crippen molar-refractivity contribution in [2.45, 2.75) is 43.9 Å². The topological polar surface area (TPSA) is 136 Å². The number of amides is 3. The molecule has 1 atom stereocenters. The number of hydrogen-bond donors (Lipinski definition) is 2. The van der Waals surface area contributed by atoms with E-state index in [1.54, 1.807) is 13.8 Å². The highest BCUT2D eigenvalue weighted by molar-refractivity contribution is 7.89. The minimum Gasteiger partial charge on any atom is -0.452 e. The van der Waals surface area contributed by atoms with E-state index in [1.165, 1.54) is 0 Å². The van der Waals surface area contributed by atoms with Crippen LogP contribution in [0, 0.1) is 11.8 Å². The first-order chi connectivity index (χ1) is 14.7. The molecule has 13 heteroatoms. The first-order valence-electron chi connectivity index (χ1n) is 9.71. The number of nitrogens with zero attached hydrogens (tertiary/aromatic N) is 1.